The van der Waals surface area contributed by atoms with E-state index in [9.17, 15) is 0 Å². The lowest BCUT2D eigenvalue weighted by molar-refractivity contribution is 0.693. The Morgan fingerprint density at radius 1 is 1.00 bits per heavy atom. The fraction of sp³-hybridized carbons (Fsp3) is 0.200. The third kappa shape index (κ3) is 3.58. The molecule has 0 aromatic heterocycles. The maximum Gasteiger partial charge on any atom is 0.0450 e. The molecule has 0 radical (unpaired) electrons. The van der Waals surface area contributed by atoms with Crippen molar-refractivity contribution in [3.63, 3.8) is 0 Å². The molecular formula is C15H16ClN. The number of benzene rings is 2. The van der Waals surface area contributed by atoms with Crippen LogP contribution in [0.25, 0.3) is 0 Å². The standard InChI is InChI=1S/C15H16ClN/c1-12-5-4-6-13(9-12)10-17-11-14-7-2-3-8-15(14)16/h2-9,17H,10-11H2,1H3. The molecule has 88 valence electrons. The maximum atomic E-state index is 6.09. The smallest absolute Gasteiger partial charge is 0.0450 e. The molecule has 2 aromatic carbocycles. The van der Waals surface area contributed by atoms with Gasteiger partial charge in [-0.1, -0.05) is 59.6 Å². The van der Waals surface area contributed by atoms with Gasteiger partial charge in [0.25, 0.3) is 0 Å². The first-order valence-corrected chi connectivity index (χ1v) is 6.13. The first-order chi connectivity index (χ1) is 8.25. The van der Waals surface area contributed by atoms with E-state index >= 15 is 0 Å². The summed E-state index contributed by atoms with van der Waals surface area (Å²) in [6.07, 6.45) is 0. The molecule has 2 heteroatoms. The van der Waals surface area contributed by atoms with Crippen molar-refractivity contribution in [3.8, 4) is 0 Å². The molecule has 0 aliphatic heterocycles. The summed E-state index contributed by atoms with van der Waals surface area (Å²) < 4.78 is 0. The summed E-state index contributed by atoms with van der Waals surface area (Å²) in [5.41, 5.74) is 3.74. The molecule has 0 aliphatic carbocycles. The predicted molar refractivity (Wildman–Crippen MR) is 73.2 cm³/mol. The van der Waals surface area contributed by atoms with Gasteiger partial charge in [0.15, 0.2) is 0 Å². The van der Waals surface area contributed by atoms with Crippen LogP contribution in [0.3, 0.4) is 0 Å². The highest BCUT2D eigenvalue weighted by atomic mass is 35.5. The van der Waals surface area contributed by atoms with E-state index in [0.29, 0.717) is 0 Å². The highest BCUT2D eigenvalue weighted by Gasteiger charge is 1.98. The molecule has 0 unspecified atom stereocenters. The zero-order chi connectivity index (χ0) is 12.1. The molecule has 0 heterocycles. The van der Waals surface area contributed by atoms with Crippen LogP contribution in [-0.4, -0.2) is 0 Å². The lowest BCUT2D eigenvalue weighted by atomic mass is 10.1. The molecule has 2 aromatic rings. The predicted octanol–water partition coefficient (Wildman–Crippen LogP) is 3.94. The summed E-state index contributed by atoms with van der Waals surface area (Å²) in [6.45, 7) is 3.78. The van der Waals surface area contributed by atoms with E-state index in [1.807, 2.05) is 24.3 Å². The van der Waals surface area contributed by atoms with Gasteiger partial charge in [0.1, 0.15) is 0 Å². The van der Waals surface area contributed by atoms with Crippen molar-refractivity contribution < 1.29 is 0 Å². The van der Waals surface area contributed by atoms with Crippen LogP contribution in [-0.2, 0) is 13.1 Å². The Balaban J connectivity index is 1.90. The van der Waals surface area contributed by atoms with E-state index in [1.54, 1.807) is 0 Å². The van der Waals surface area contributed by atoms with Crippen LogP contribution in [0, 0.1) is 6.92 Å². The highest BCUT2D eigenvalue weighted by molar-refractivity contribution is 6.31. The van der Waals surface area contributed by atoms with Crippen LogP contribution >= 0.6 is 11.6 Å². The van der Waals surface area contributed by atoms with Gasteiger partial charge in [-0.05, 0) is 24.1 Å². The third-order valence-corrected chi connectivity index (χ3v) is 3.05. The second-order valence-corrected chi connectivity index (χ2v) is 4.59. The van der Waals surface area contributed by atoms with Crippen molar-refractivity contribution in [3.05, 3.63) is 70.2 Å². The summed E-state index contributed by atoms with van der Waals surface area (Å²) in [5.74, 6) is 0. The summed E-state index contributed by atoms with van der Waals surface area (Å²) in [4.78, 5) is 0. The number of halogens is 1. The normalized spacial score (nSPS) is 10.5. The average Bonchev–Trinajstić information content (AvgIpc) is 2.32. The number of hydrogen-bond donors (Lipinski definition) is 1. The van der Waals surface area contributed by atoms with Crippen LogP contribution in [0.1, 0.15) is 16.7 Å². The Morgan fingerprint density at radius 2 is 1.82 bits per heavy atom. The van der Waals surface area contributed by atoms with Crippen molar-refractivity contribution in [2.45, 2.75) is 20.0 Å². The Kier molecular flexibility index (Phi) is 4.18. The minimum absolute atomic E-state index is 0.799. The van der Waals surface area contributed by atoms with Gasteiger partial charge in [0.05, 0.1) is 0 Å². The third-order valence-electron chi connectivity index (χ3n) is 2.68. The molecule has 1 nitrogen and oxygen atoms in total. The molecule has 1 N–H and O–H groups in total. The van der Waals surface area contributed by atoms with Crippen molar-refractivity contribution >= 4 is 11.6 Å². The summed E-state index contributed by atoms with van der Waals surface area (Å²) >= 11 is 6.09. The number of nitrogens with one attached hydrogen (secondary N) is 1. The van der Waals surface area contributed by atoms with Crippen molar-refractivity contribution in [2.24, 2.45) is 0 Å². The molecule has 0 spiro atoms. The van der Waals surface area contributed by atoms with Gasteiger partial charge < -0.3 is 5.32 Å². The largest absolute Gasteiger partial charge is 0.309 e. The topological polar surface area (TPSA) is 12.0 Å². The lowest BCUT2D eigenvalue weighted by Gasteiger charge is -2.07. The quantitative estimate of drug-likeness (QED) is 0.861. The van der Waals surface area contributed by atoms with Crippen molar-refractivity contribution in [2.75, 3.05) is 0 Å². The zero-order valence-electron chi connectivity index (χ0n) is 9.91. The van der Waals surface area contributed by atoms with Crippen molar-refractivity contribution in [1.82, 2.24) is 5.32 Å². The number of hydrogen-bond acceptors (Lipinski definition) is 1. The second-order valence-electron chi connectivity index (χ2n) is 4.18. The molecule has 0 saturated heterocycles. The SMILES string of the molecule is Cc1cccc(CNCc2ccccc2Cl)c1. The monoisotopic (exact) mass is 245 g/mol. The van der Waals surface area contributed by atoms with Crippen LogP contribution in [0.5, 0.6) is 0 Å². The average molecular weight is 246 g/mol. The molecule has 0 amide bonds. The van der Waals surface area contributed by atoms with E-state index in [0.717, 1.165) is 23.7 Å². The first kappa shape index (κ1) is 12.2. The van der Waals surface area contributed by atoms with Crippen molar-refractivity contribution in [1.29, 1.82) is 0 Å². The van der Waals surface area contributed by atoms with E-state index in [4.69, 9.17) is 11.6 Å². The fourth-order valence-corrected chi connectivity index (χ4v) is 2.01. The minimum atomic E-state index is 0.799. The van der Waals surface area contributed by atoms with Gasteiger partial charge >= 0.3 is 0 Å². The number of aryl methyl sites for hydroxylation is 1. The van der Waals surface area contributed by atoms with Crippen LogP contribution < -0.4 is 5.32 Å². The van der Waals surface area contributed by atoms with E-state index < -0.39 is 0 Å². The molecule has 0 fully saturated rings. The summed E-state index contributed by atoms with van der Waals surface area (Å²) in [5, 5.41) is 4.22. The molecule has 0 bridgehead atoms. The molecular weight excluding hydrogens is 230 g/mol. The lowest BCUT2D eigenvalue weighted by Crippen LogP contribution is -2.12. The molecule has 17 heavy (non-hydrogen) atoms. The molecule has 0 atom stereocenters. The van der Waals surface area contributed by atoms with Gasteiger partial charge in [0, 0.05) is 18.1 Å². The van der Waals surface area contributed by atoms with Gasteiger partial charge in [-0.25, -0.2) is 0 Å². The van der Waals surface area contributed by atoms with Gasteiger partial charge in [-0.3, -0.25) is 0 Å². The molecule has 0 aliphatic rings. The van der Waals surface area contributed by atoms with Crippen LogP contribution in [0.15, 0.2) is 48.5 Å². The summed E-state index contributed by atoms with van der Waals surface area (Å²) in [7, 11) is 0. The molecule has 2 rings (SSSR count). The fourth-order valence-electron chi connectivity index (χ4n) is 1.81. The van der Waals surface area contributed by atoms with Crippen LogP contribution in [0.4, 0.5) is 0 Å². The first-order valence-electron chi connectivity index (χ1n) is 5.75. The Bertz CT molecular complexity index is 494. The summed E-state index contributed by atoms with van der Waals surface area (Å²) in [6, 6.07) is 16.4. The van der Waals surface area contributed by atoms with Crippen LogP contribution in [0.2, 0.25) is 5.02 Å². The molecule has 0 saturated carbocycles. The van der Waals surface area contributed by atoms with E-state index in [2.05, 4.69) is 36.5 Å². The Labute approximate surface area is 107 Å². The highest BCUT2D eigenvalue weighted by Crippen LogP contribution is 2.14. The maximum absolute atomic E-state index is 6.09. The zero-order valence-corrected chi connectivity index (χ0v) is 10.7. The van der Waals surface area contributed by atoms with E-state index in [-0.39, 0.29) is 0 Å². The number of rotatable bonds is 4. The Morgan fingerprint density at radius 3 is 2.59 bits per heavy atom. The van der Waals surface area contributed by atoms with Gasteiger partial charge in [0.2, 0.25) is 0 Å². The van der Waals surface area contributed by atoms with Gasteiger partial charge in [-0.15, -0.1) is 0 Å². The Hall–Kier alpha value is -1.31. The minimum Gasteiger partial charge on any atom is -0.309 e. The second kappa shape index (κ2) is 5.85. The van der Waals surface area contributed by atoms with E-state index in [1.165, 1.54) is 11.1 Å². The van der Waals surface area contributed by atoms with Gasteiger partial charge in [-0.2, -0.15) is 0 Å².